The van der Waals surface area contributed by atoms with Crippen molar-refractivity contribution in [1.82, 2.24) is 0 Å². The van der Waals surface area contributed by atoms with Crippen LogP contribution in [-0.2, 0) is 0 Å². The molecule has 2 aromatic carbocycles. The lowest BCUT2D eigenvalue weighted by Gasteiger charge is -2.07. The number of carbonyl (C=O) groups excluding carboxylic acids is 1. The molecular weight excluding hydrogens is 282 g/mol. The second-order valence-electron chi connectivity index (χ2n) is 3.86. The maximum Gasteiger partial charge on any atom is 0.417 e. The zero-order valence-corrected chi connectivity index (χ0v) is 10.9. The normalized spacial score (nSPS) is 9.85. The first-order chi connectivity index (χ1) is 9.54. The number of aromatic carboxylic acids is 1. The lowest BCUT2D eigenvalue weighted by Crippen LogP contribution is -2.17. The van der Waals surface area contributed by atoms with Gasteiger partial charge in [0.25, 0.3) is 0 Å². The van der Waals surface area contributed by atoms with Gasteiger partial charge in [0.05, 0.1) is 5.56 Å². The molecule has 0 unspecified atom stereocenters. The molecule has 0 spiro atoms. The van der Waals surface area contributed by atoms with Crippen LogP contribution in [0.15, 0.2) is 48.5 Å². The molecule has 0 bridgehead atoms. The van der Waals surface area contributed by atoms with E-state index >= 15 is 0 Å². The molecule has 2 N–H and O–H groups in total. The van der Waals surface area contributed by atoms with E-state index in [-0.39, 0.29) is 16.3 Å². The maximum absolute atomic E-state index is 11.7. The molecule has 0 heterocycles. The standard InChI is InChI=1S/C14H10ClNO4/c15-10-6-9(13(17)18)7-11(8-10)16-14(19)20-12-4-2-1-3-5-12/h1-8H,(H,16,19)(H,17,18). The minimum Gasteiger partial charge on any atom is -0.478 e. The number of amides is 1. The van der Waals surface area contributed by atoms with Crippen molar-refractivity contribution in [3.05, 3.63) is 59.1 Å². The molecule has 0 aliphatic rings. The van der Waals surface area contributed by atoms with Gasteiger partial charge in [-0.1, -0.05) is 29.8 Å². The van der Waals surface area contributed by atoms with Gasteiger partial charge in [0, 0.05) is 10.7 Å². The second kappa shape index (κ2) is 6.08. The molecule has 2 aromatic rings. The van der Waals surface area contributed by atoms with Crippen molar-refractivity contribution in [3.8, 4) is 5.75 Å². The summed E-state index contributed by atoms with van der Waals surface area (Å²) in [6.45, 7) is 0. The Bertz CT molecular complexity index is 643. The van der Waals surface area contributed by atoms with Crippen LogP contribution >= 0.6 is 11.6 Å². The van der Waals surface area contributed by atoms with E-state index in [0.717, 1.165) is 0 Å². The summed E-state index contributed by atoms with van der Waals surface area (Å²) >= 11 is 5.78. The van der Waals surface area contributed by atoms with Gasteiger partial charge < -0.3 is 9.84 Å². The summed E-state index contributed by atoms with van der Waals surface area (Å²) < 4.78 is 5.02. The fourth-order valence-corrected chi connectivity index (χ4v) is 1.76. The average molecular weight is 292 g/mol. The van der Waals surface area contributed by atoms with Crippen molar-refractivity contribution in [2.75, 3.05) is 5.32 Å². The lowest BCUT2D eigenvalue weighted by molar-refractivity contribution is 0.0697. The Kier molecular flexibility index (Phi) is 4.22. The molecule has 20 heavy (non-hydrogen) atoms. The molecule has 0 aliphatic carbocycles. The molecule has 5 nitrogen and oxygen atoms in total. The molecule has 6 heteroatoms. The smallest absolute Gasteiger partial charge is 0.417 e. The van der Waals surface area contributed by atoms with Crippen molar-refractivity contribution in [2.45, 2.75) is 0 Å². The van der Waals surface area contributed by atoms with E-state index in [1.165, 1.54) is 18.2 Å². The van der Waals surface area contributed by atoms with Gasteiger partial charge in [-0.15, -0.1) is 0 Å². The number of carboxylic acids is 1. The summed E-state index contributed by atoms with van der Waals surface area (Å²) in [5.41, 5.74) is 0.225. The van der Waals surface area contributed by atoms with Gasteiger partial charge >= 0.3 is 12.1 Å². The number of ether oxygens (including phenoxy) is 1. The quantitative estimate of drug-likeness (QED) is 0.905. The van der Waals surface area contributed by atoms with Gasteiger partial charge in [-0.3, -0.25) is 5.32 Å². The van der Waals surface area contributed by atoms with Crippen molar-refractivity contribution in [3.63, 3.8) is 0 Å². The van der Waals surface area contributed by atoms with Crippen molar-refractivity contribution >= 4 is 29.4 Å². The molecular formula is C14H10ClNO4. The SMILES string of the molecule is O=C(Nc1cc(Cl)cc(C(=O)O)c1)Oc1ccccc1. The predicted molar refractivity (Wildman–Crippen MR) is 74.5 cm³/mol. The largest absolute Gasteiger partial charge is 0.478 e. The van der Waals surface area contributed by atoms with Crippen LogP contribution < -0.4 is 10.1 Å². The molecule has 0 saturated carbocycles. The minimum absolute atomic E-state index is 0.0208. The number of rotatable bonds is 3. The molecule has 1 amide bonds. The van der Waals surface area contributed by atoms with E-state index in [1.807, 2.05) is 0 Å². The summed E-state index contributed by atoms with van der Waals surface area (Å²) in [4.78, 5) is 22.5. The zero-order valence-electron chi connectivity index (χ0n) is 10.2. The Labute approximate surface area is 119 Å². The fourth-order valence-electron chi connectivity index (χ4n) is 1.52. The van der Waals surface area contributed by atoms with Gasteiger partial charge in [0.2, 0.25) is 0 Å². The van der Waals surface area contributed by atoms with Crippen LogP contribution in [0.4, 0.5) is 10.5 Å². The van der Waals surface area contributed by atoms with Gasteiger partial charge in [0.1, 0.15) is 5.75 Å². The number of hydrogen-bond acceptors (Lipinski definition) is 3. The first kappa shape index (κ1) is 13.9. The van der Waals surface area contributed by atoms with E-state index < -0.39 is 12.1 Å². The Morgan fingerprint density at radius 3 is 2.45 bits per heavy atom. The van der Waals surface area contributed by atoms with Crippen LogP contribution in [0.1, 0.15) is 10.4 Å². The van der Waals surface area contributed by atoms with Crippen LogP contribution in [0.25, 0.3) is 0 Å². The monoisotopic (exact) mass is 291 g/mol. The van der Waals surface area contributed by atoms with Crippen LogP contribution in [0.3, 0.4) is 0 Å². The lowest BCUT2D eigenvalue weighted by atomic mass is 10.2. The van der Waals surface area contributed by atoms with Crippen LogP contribution in [0.2, 0.25) is 5.02 Å². The third kappa shape index (κ3) is 3.73. The van der Waals surface area contributed by atoms with Crippen LogP contribution in [0, 0.1) is 0 Å². The third-order valence-corrected chi connectivity index (χ3v) is 2.56. The molecule has 102 valence electrons. The second-order valence-corrected chi connectivity index (χ2v) is 4.30. The maximum atomic E-state index is 11.7. The molecule has 2 rings (SSSR count). The highest BCUT2D eigenvalue weighted by atomic mass is 35.5. The van der Waals surface area contributed by atoms with Gasteiger partial charge in [-0.2, -0.15) is 0 Å². The minimum atomic E-state index is -1.13. The molecule has 0 radical (unpaired) electrons. The highest BCUT2D eigenvalue weighted by Crippen LogP contribution is 2.20. The average Bonchev–Trinajstić information content (AvgIpc) is 2.38. The number of benzene rings is 2. The number of nitrogens with one attached hydrogen (secondary N) is 1. The number of hydrogen-bond donors (Lipinski definition) is 2. The summed E-state index contributed by atoms with van der Waals surface area (Å²) in [5, 5.41) is 11.5. The molecule has 0 fully saturated rings. The summed E-state index contributed by atoms with van der Waals surface area (Å²) in [5.74, 6) is -0.752. The zero-order chi connectivity index (χ0) is 14.5. The molecule has 0 aromatic heterocycles. The highest BCUT2D eigenvalue weighted by Gasteiger charge is 2.09. The van der Waals surface area contributed by atoms with E-state index in [4.69, 9.17) is 21.4 Å². The van der Waals surface area contributed by atoms with Crippen molar-refractivity contribution in [1.29, 1.82) is 0 Å². The van der Waals surface area contributed by atoms with Crippen LogP contribution in [0.5, 0.6) is 5.75 Å². The van der Waals surface area contributed by atoms with Gasteiger partial charge in [-0.25, -0.2) is 9.59 Å². The van der Waals surface area contributed by atoms with Crippen molar-refractivity contribution < 1.29 is 19.4 Å². The highest BCUT2D eigenvalue weighted by molar-refractivity contribution is 6.31. The van der Waals surface area contributed by atoms with E-state index in [2.05, 4.69) is 5.32 Å². The Morgan fingerprint density at radius 1 is 1.10 bits per heavy atom. The van der Waals surface area contributed by atoms with E-state index in [9.17, 15) is 9.59 Å². The summed E-state index contributed by atoms with van der Waals surface area (Å²) in [6, 6.07) is 12.5. The van der Waals surface area contributed by atoms with Gasteiger partial charge in [0.15, 0.2) is 0 Å². The third-order valence-electron chi connectivity index (χ3n) is 2.34. The fraction of sp³-hybridized carbons (Fsp3) is 0. The Hall–Kier alpha value is -2.53. The Morgan fingerprint density at radius 2 is 1.80 bits per heavy atom. The Balaban J connectivity index is 2.10. The molecule has 0 aliphatic heterocycles. The predicted octanol–water partition coefficient (Wildman–Crippen LogP) is 3.65. The number of anilines is 1. The summed E-state index contributed by atoms with van der Waals surface area (Å²) in [6.07, 6.45) is -0.727. The topological polar surface area (TPSA) is 75.6 Å². The molecule has 0 atom stereocenters. The number of carbonyl (C=O) groups is 2. The van der Waals surface area contributed by atoms with Crippen LogP contribution in [-0.4, -0.2) is 17.2 Å². The first-order valence-corrected chi connectivity index (χ1v) is 6.00. The number of para-hydroxylation sites is 1. The van der Waals surface area contributed by atoms with Crippen molar-refractivity contribution in [2.24, 2.45) is 0 Å². The van der Waals surface area contributed by atoms with E-state index in [1.54, 1.807) is 30.3 Å². The number of halogens is 1. The molecule has 0 saturated heterocycles. The summed E-state index contributed by atoms with van der Waals surface area (Å²) in [7, 11) is 0. The van der Waals surface area contributed by atoms with Gasteiger partial charge in [-0.05, 0) is 30.3 Å². The van der Waals surface area contributed by atoms with E-state index in [0.29, 0.717) is 5.75 Å². The first-order valence-electron chi connectivity index (χ1n) is 5.62. The number of carboxylic acid groups (broad SMARTS) is 1.